The van der Waals surface area contributed by atoms with Crippen molar-refractivity contribution >= 4 is 18.1 Å². The third-order valence-electron chi connectivity index (χ3n) is 3.02. The molecule has 1 aromatic carbocycles. The Balaban J connectivity index is 0.00000144. The molecular weight excluding hydrogens is 236 g/mol. The lowest BCUT2D eigenvalue weighted by molar-refractivity contribution is 0.123. The molecular formula is C13H21ClN2O. The molecule has 0 bridgehead atoms. The topological polar surface area (TPSA) is 26.7 Å². The van der Waals surface area contributed by atoms with Gasteiger partial charge >= 0.3 is 0 Å². The van der Waals surface area contributed by atoms with Gasteiger partial charge in [-0.15, -0.1) is 12.4 Å². The highest BCUT2D eigenvalue weighted by Crippen LogP contribution is 2.15. The van der Waals surface area contributed by atoms with Gasteiger partial charge in [-0.3, -0.25) is 4.90 Å². The molecule has 1 aliphatic rings. The number of benzene rings is 1. The van der Waals surface area contributed by atoms with Gasteiger partial charge in [-0.25, -0.2) is 0 Å². The molecule has 0 aromatic heterocycles. The van der Waals surface area contributed by atoms with Crippen LogP contribution in [-0.4, -0.2) is 48.8 Å². The maximum Gasteiger partial charge on any atom is 0.0639 e. The Morgan fingerprint density at radius 1 is 1.12 bits per heavy atom. The number of halogens is 1. The number of hydrogen-bond acceptors (Lipinski definition) is 3. The summed E-state index contributed by atoms with van der Waals surface area (Å²) in [5, 5.41) is 9.33. The maximum atomic E-state index is 9.33. The van der Waals surface area contributed by atoms with Crippen LogP contribution in [0, 0.1) is 0 Å². The van der Waals surface area contributed by atoms with Gasteiger partial charge in [0.15, 0.2) is 0 Å². The number of piperazine rings is 1. The van der Waals surface area contributed by atoms with E-state index in [1.165, 1.54) is 5.69 Å². The summed E-state index contributed by atoms with van der Waals surface area (Å²) in [6, 6.07) is 10.5. The molecule has 0 aliphatic carbocycles. The van der Waals surface area contributed by atoms with E-state index in [9.17, 15) is 5.11 Å². The zero-order chi connectivity index (χ0) is 11.4. The number of para-hydroxylation sites is 1. The molecule has 2 rings (SSSR count). The average Bonchev–Trinajstić information content (AvgIpc) is 2.30. The molecule has 0 amide bonds. The van der Waals surface area contributed by atoms with Gasteiger partial charge in [0.25, 0.3) is 0 Å². The number of aliphatic hydroxyl groups excluding tert-OH is 1. The van der Waals surface area contributed by atoms with Crippen LogP contribution in [0.15, 0.2) is 30.3 Å². The van der Waals surface area contributed by atoms with Crippen LogP contribution in [0.2, 0.25) is 0 Å². The molecule has 0 radical (unpaired) electrons. The highest BCUT2D eigenvalue weighted by Gasteiger charge is 2.17. The van der Waals surface area contributed by atoms with E-state index in [1.807, 2.05) is 13.0 Å². The van der Waals surface area contributed by atoms with Gasteiger partial charge in [0.2, 0.25) is 0 Å². The fourth-order valence-electron chi connectivity index (χ4n) is 2.20. The van der Waals surface area contributed by atoms with E-state index >= 15 is 0 Å². The lowest BCUT2D eigenvalue weighted by Crippen LogP contribution is -2.48. The molecule has 1 atom stereocenters. The summed E-state index contributed by atoms with van der Waals surface area (Å²) in [5.74, 6) is 0. The molecule has 1 aliphatic heterocycles. The Hall–Kier alpha value is -0.770. The van der Waals surface area contributed by atoms with Crippen LogP contribution in [-0.2, 0) is 0 Å². The van der Waals surface area contributed by atoms with Gasteiger partial charge in [-0.05, 0) is 19.1 Å². The van der Waals surface area contributed by atoms with Gasteiger partial charge in [-0.1, -0.05) is 18.2 Å². The number of aliphatic hydroxyl groups is 1. The standard InChI is InChI=1S/C13H20N2O.ClH/c1-12(16)11-14-7-9-15(10-8-14)13-5-3-2-4-6-13;/h2-6,12,16H,7-11H2,1H3;1H. The van der Waals surface area contributed by atoms with E-state index in [2.05, 4.69) is 34.1 Å². The van der Waals surface area contributed by atoms with Gasteiger partial charge in [0.05, 0.1) is 6.10 Å². The molecule has 96 valence electrons. The van der Waals surface area contributed by atoms with E-state index in [-0.39, 0.29) is 18.5 Å². The molecule has 17 heavy (non-hydrogen) atoms. The highest BCUT2D eigenvalue weighted by atomic mass is 35.5. The van der Waals surface area contributed by atoms with Crippen molar-refractivity contribution in [3.05, 3.63) is 30.3 Å². The number of β-amino-alcohol motifs (C(OH)–C–C–N with tert-alkyl or cyclic N) is 1. The Kier molecular flexibility index (Phi) is 5.75. The molecule has 1 saturated heterocycles. The minimum Gasteiger partial charge on any atom is -0.392 e. The molecule has 0 spiro atoms. The first-order valence-corrected chi connectivity index (χ1v) is 5.96. The number of nitrogens with zero attached hydrogens (tertiary/aromatic N) is 2. The van der Waals surface area contributed by atoms with Crippen molar-refractivity contribution in [2.24, 2.45) is 0 Å². The lowest BCUT2D eigenvalue weighted by Gasteiger charge is -2.36. The lowest BCUT2D eigenvalue weighted by atomic mass is 10.2. The molecule has 3 nitrogen and oxygen atoms in total. The van der Waals surface area contributed by atoms with Crippen molar-refractivity contribution in [1.29, 1.82) is 0 Å². The third-order valence-corrected chi connectivity index (χ3v) is 3.02. The first-order valence-electron chi connectivity index (χ1n) is 5.96. The van der Waals surface area contributed by atoms with E-state index in [1.54, 1.807) is 0 Å². The van der Waals surface area contributed by atoms with Gasteiger partial charge in [0, 0.05) is 38.4 Å². The zero-order valence-electron chi connectivity index (χ0n) is 10.2. The smallest absolute Gasteiger partial charge is 0.0639 e. The predicted octanol–water partition coefficient (Wildman–Crippen LogP) is 1.61. The normalized spacial score (nSPS) is 18.6. The fraction of sp³-hybridized carbons (Fsp3) is 0.538. The maximum absolute atomic E-state index is 9.33. The Labute approximate surface area is 109 Å². The molecule has 1 unspecified atom stereocenters. The van der Waals surface area contributed by atoms with Crippen molar-refractivity contribution in [1.82, 2.24) is 4.90 Å². The summed E-state index contributed by atoms with van der Waals surface area (Å²) in [5.41, 5.74) is 1.30. The average molecular weight is 257 g/mol. The molecule has 1 heterocycles. The Morgan fingerprint density at radius 3 is 2.24 bits per heavy atom. The Morgan fingerprint density at radius 2 is 1.71 bits per heavy atom. The molecule has 1 fully saturated rings. The zero-order valence-corrected chi connectivity index (χ0v) is 11.1. The minimum atomic E-state index is -0.219. The van der Waals surface area contributed by atoms with Crippen molar-refractivity contribution in [2.45, 2.75) is 13.0 Å². The number of rotatable bonds is 3. The van der Waals surface area contributed by atoms with Crippen molar-refractivity contribution in [3.63, 3.8) is 0 Å². The predicted molar refractivity (Wildman–Crippen MR) is 74.0 cm³/mol. The van der Waals surface area contributed by atoms with Crippen molar-refractivity contribution in [3.8, 4) is 0 Å². The van der Waals surface area contributed by atoms with Gasteiger partial charge in [0.1, 0.15) is 0 Å². The molecule has 1 N–H and O–H groups in total. The second kappa shape index (κ2) is 6.84. The molecule has 0 saturated carbocycles. The summed E-state index contributed by atoms with van der Waals surface area (Å²) in [6.45, 7) is 6.83. The molecule has 1 aromatic rings. The molecule has 4 heteroatoms. The first kappa shape index (κ1) is 14.3. The van der Waals surface area contributed by atoms with Crippen LogP contribution in [0.3, 0.4) is 0 Å². The van der Waals surface area contributed by atoms with E-state index < -0.39 is 0 Å². The van der Waals surface area contributed by atoms with E-state index in [4.69, 9.17) is 0 Å². The second-order valence-electron chi connectivity index (χ2n) is 4.47. The summed E-state index contributed by atoms with van der Waals surface area (Å²) in [7, 11) is 0. The summed E-state index contributed by atoms with van der Waals surface area (Å²) < 4.78 is 0. The highest BCUT2D eigenvalue weighted by molar-refractivity contribution is 5.85. The van der Waals surface area contributed by atoms with Gasteiger partial charge < -0.3 is 10.0 Å². The summed E-state index contributed by atoms with van der Waals surface area (Å²) in [4.78, 5) is 4.72. The van der Waals surface area contributed by atoms with Crippen LogP contribution in [0.1, 0.15) is 6.92 Å². The van der Waals surface area contributed by atoms with Crippen LogP contribution < -0.4 is 4.90 Å². The van der Waals surface area contributed by atoms with Crippen molar-refractivity contribution < 1.29 is 5.11 Å². The quantitative estimate of drug-likeness (QED) is 0.890. The first-order chi connectivity index (χ1) is 7.75. The van der Waals surface area contributed by atoms with Crippen LogP contribution in [0.5, 0.6) is 0 Å². The number of anilines is 1. The van der Waals surface area contributed by atoms with Crippen LogP contribution >= 0.6 is 12.4 Å². The number of hydrogen-bond donors (Lipinski definition) is 1. The third kappa shape index (κ3) is 4.19. The second-order valence-corrected chi connectivity index (χ2v) is 4.47. The monoisotopic (exact) mass is 256 g/mol. The largest absolute Gasteiger partial charge is 0.392 e. The van der Waals surface area contributed by atoms with Crippen molar-refractivity contribution in [2.75, 3.05) is 37.6 Å². The Bertz CT molecular complexity index is 310. The minimum absolute atomic E-state index is 0. The summed E-state index contributed by atoms with van der Waals surface area (Å²) >= 11 is 0. The SMILES string of the molecule is CC(O)CN1CCN(c2ccccc2)CC1.Cl. The van der Waals surface area contributed by atoms with E-state index in [0.717, 1.165) is 32.7 Å². The van der Waals surface area contributed by atoms with E-state index in [0.29, 0.717) is 0 Å². The fourth-order valence-corrected chi connectivity index (χ4v) is 2.20. The van der Waals surface area contributed by atoms with Crippen LogP contribution in [0.25, 0.3) is 0 Å². The summed E-state index contributed by atoms with van der Waals surface area (Å²) in [6.07, 6.45) is -0.219. The van der Waals surface area contributed by atoms with Gasteiger partial charge in [-0.2, -0.15) is 0 Å². The van der Waals surface area contributed by atoms with Crippen LogP contribution in [0.4, 0.5) is 5.69 Å².